The van der Waals surface area contributed by atoms with Crippen molar-refractivity contribution in [1.82, 2.24) is 0 Å². The quantitative estimate of drug-likeness (QED) is 0.630. The van der Waals surface area contributed by atoms with Gasteiger partial charge in [-0.2, -0.15) is 0 Å². The molecule has 1 N–H and O–H groups in total. The largest absolute Gasteiger partial charge is 0.384 e. The monoisotopic (exact) mass is 442 g/mol. The molecule has 0 heterocycles. The van der Waals surface area contributed by atoms with Crippen molar-refractivity contribution in [1.29, 1.82) is 0 Å². The van der Waals surface area contributed by atoms with Gasteiger partial charge in [-0.1, -0.05) is 46.6 Å². The van der Waals surface area contributed by atoms with Crippen LogP contribution in [0, 0.1) is 3.57 Å². The average Bonchev–Trinajstić information content (AvgIpc) is 2.39. The minimum Gasteiger partial charge on any atom is -0.384 e. The molecule has 1 aliphatic rings. The van der Waals surface area contributed by atoms with Gasteiger partial charge < -0.3 is 5.11 Å². The Balaban J connectivity index is 1.93. The molecule has 1 aliphatic carbocycles. The first kappa shape index (κ1) is 14.5. The summed E-state index contributed by atoms with van der Waals surface area (Å²) in [5, 5.41) is 10.7. The summed E-state index contributed by atoms with van der Waals surface area (Å²) in [4.78, 5) is 0. The van der Waals surface area contributed by atoms with Gasteiger partial charge in [0.05, 0.1) is 0 Å². The third-order valence-electron chi connectivity index (χ3n) is 4.06. The smallest absolute Gasteiger partial charge is 0.105 e. The van der Waals surface area contributed by atoms with E-state index in [-0.39, 0.29) is 0 Å². The predicted octanol–water partition coefficient (Wildman–Crippen LogP) is 5.40. The highest BCUT2D eigenvalue weighted by molar-refractivity contribution is 14.1. The fourth-order valence-corrected chi connectivity index (χ4v) is 3.61. The fourth-order valence-electron chi connectivity index (χ4n) is 2.63. The topological polar surface area (TPSA) is 20.2 Å². The maximum Gasteiger partial charge on any atom is 0.105 e. The SMILES string of the molecule is OC(c1cccc(C2CCC2)c1)c1cc(I)ccc1Br. The summed E-state index contributed by atoms with van der Waals surface area (Å²) in [6.45, 7) is 0. The molecule has 0 saturated heterocycles. The second-order valence-corrected chi connectivity index (χ2v) is 7.47. The third-order valence-corrected chi connectivity index (χ3v) is 5.45. The number of aliphatic hydroxyl groups is 1. The van der Waals surface area contributed by atoms with E-state index in [0.717, 1.165) is 19.2 Å². The Morgan fingerprint density at radius 2 is 1.95 bits per heavy atom. The molecule has 3 heteroatoms. The van der Waals surface area contributed by atoms with Gasteiger partial charge in [0, 0.05) is 13.6 Å². The van der Waals surface area contributed by atoms with E-state index in [9.17, 15) is 5.11 Å². The molecule has 0 aromatic heterocycles. The van der Waals surface area contributed by atoms with Gasteiger partial charge in [0.2, 0.25) is 0 Å². The summed E-state index contributed by atoms with van der Waals surface area (Å²) in [6, 6.07) is 14.5. The minimum absolute atomic E-state index is 0.570. The van der Waals surface area contributed by atoms with E-state index in [2.05, 4.69) is 56.7 Å². The molecule has 0 amide bonds. The molecule has 2 aromatic carbocycles. The number of rotatable bonds is 3. The standard InChI is InChI=1S/C17H16BrIO/c18-16-8-7-14(19)10-15(16)17(20)13-6-2-5-12(9-13)11-3-1-4-11/h2,5-11,17,20H,1,3-4H2. The average molecular weight is 443 g/mol. The lowest BCUT2D eigenvalue weighted by atomic mass is 9.79. The van der Waals surface area contributed by atoms with Gasteiger partial charge in [0.25, 0.3) is 0 Å². The van der Waals surface area contributed by atoms with Gasteiger partial charge in [-0.25, -0.2) is 0 Å². The summed E-state index contributed by atoms with van der Waals surface area (Å²) in [5.41, 5.74) is 3.29. The highest BCUT2D eigenvalue weighted by Crippen LogP contribution is 2.38. The van der Waals surface area contributed by atoms with Crippen LogP contribution in [0.2, 0.25) is 0 Å². The first-order valence-electron chi connectivity index (χ1n) is 6.88. The molecule has 0 aliphatic heterocycles. The van der Waals surface area contributed by atoms with Gasteiger partial charge in [-0.15, -0.1) is 0 Å². The number of hydrogen-bond donors (Lipinski definition) is 1. The summed E-state index contributed by atoms with van der Waals surface area (Å²) in [7, 11) is 0. The van der Waals surface area contributed by atoms with Crippen LogP contribution in [0.4, 0.5) is 0 Å². The van der Waals surface area contributed by atoms with Crippen molar-refractivity contribution < 1.29 is 5.11 Å². The Morgan fingerprint density at radius 3 is 2.65 bits per heavy atom. The van der Waals surface area contributed by atoms with E-state index in [4.69, 9.17) is 0 Å². The second-order valence-electron chi connectivity index (χ2n) is 5.37. The number of halogens is 2. The molecule has 0 bridgehead atoms. The molecule has 1 atom stereocenters. The molecule has 1 nitrogen and oxygen atoms in total. The third kappa shape index (κ3) is 2.95. The predicted molar refractivity (Wildman–Crippen MR) is 94.0 cm³/mol. The highest BCUT2D eigenvalue weighted by atomic mass is 127. The zero-order valence-electron chi connectivity index (χ0n) is 11.0. The Hall–Kier alpha value is -0.390. The van der Waals surface area contributed by atoms with E-state index >= 15 is 0 Å². The molecule has 2 aromatic rings. The molecule has 0 radical (unpaired) electrons. The first-order valence-corrected chi connectivity index (χ1v) is 8.75. The molecular formula is C17H16BrIO. The summed E-state index contributed by atoms with van der Waals surface area (Å²) < 4.78 is 2.09. The summed E-state index contributed by atoms with van der Waals surface area (Å²) >= 11 is 5.81. The first-order chi connectivity index (χ1) is 9.65. The lowest BCUT2D eigenvalue weighted by molar-refractivity contribution is 0.219. The molecule has 1 fully saturated rings. The van der Waals surface area contributed by atoms with Crippen LogP contribution >= 0.6 is 38.5 Å². The summed E-state index contributed by atoms with van der Waals surface area (Å²) in [6.07, 6.45) is 3.33. The van der Waals surface area contributed by atoms with Crippen LogP contribution < -0.4 is 0 Å². The van der Waals surface area contributed by atoms with Crippen molar-refractivity contribution >= 4 is 38.5 Å². The Labute approximate surface area is 141 Å². The summed E-state index contributed by atoms with van der Waals surface area (Å²) in [5.74, 6) is 0.696. The van der Waals surface area contributed by atoms with Gasteiger partial charge in [0.1, 0.15) is 6.10 Å². The van der Waals surface area contributed by atoms with Crippen molar-refractivity contribution in [3.05, 3.63) is 67.2 Å². The Bertz CT molecular complexity index is 622. The normalized spacial score (nSPS) is 16.8. The molecule has 1 saturated carbocycles. The second kappa shape index (κ2) is 6.16. The van der Waals surface area contributed by atoms with Crippen molar-refractivity contribution in [3.8, 4) is 0 Å². The van der Waals surface area contributed by atoms with E-state index in [1.54, 1.807) is 0 Å². The zero-order chi connectivity index (χ0) is 14.1. The minimum atomic E-state index is -0.570. The van der Waals surface area contributed by atoms with E-state index in [1.165, 1.54) is 24.8 Å². The Morgan fingerprint density at radius 1 is 1.15 bits per heavy atom. The van der Waals surface area contributed by atoms with Crippen LogP contribution in [-0.4, -0.2) is 5.11 Å². The van der Waals surface area contributed by atoms with Crippen molar-refractivity contribution in [2.75, 3.05) is 0 Å². The van der Waals surface area contributed by atoms with Crippen LogP contribution in [0.5, 0.6) is 0 Å². The van der Waals surface area contributed by atoms with Gasteiger partial charge >= 0.3 is 0 Å². The van der Waals surface area contributed by atoms with Crippen LogP contribution in [-0.2, 0) is 0 Å². The van der Waals surface area contributed by atoms with Crippen LogP contribution in [0.3, 0.4) is 0 Å². The van der Waals surface area contributed by atoms with Gasteiger partial charge in [-0.3, -0.25) is 0 Å². The lowest BCUT2D eigenvalue weighted by Gasteiger charge is -2.26. The van der Waals surface area contributed by atoms with Crippen LogP contribution in [0.25, 0.3) is 0 Å². The maximum atomic E-state index is 10.7. The maximum absolute atomic E-state index is 10.7. The van der Waals surface area contributed by atoms with E-state index < -0.39 is 6.10 Å². The molecule has 104 valence electrons. The fraction of sp³-hybridized carbons (Fsp3) is 0.294. The lowest BCUT2D eigenvalue weighted by Crippen LogP contribution is -2.10. The van der Waals surface area contributed by atoms with Crippen molar-refractivity contribution in [2.24, 2.45) is 0 Å². The van der Waals surface area contributed by atoms with E-state index in [1.807, 2.05) is 24.3 Å². The number of benzene rings is 2. The zero-order valence-corrected chi connectivity index (χ0v) is 14.8. The highest BCUT2D eigenvalue weighted by Gasteiger charge is 2.21. The molecule has 1 unspecified atom stereocenters. The van der Waals surface area contributed by atoms with Crippen LogP contribution in [0.15, 0.2) is 46.9 Å². The molecule has 3 rings (SSSR count). The van der Waals surface area contributed by atoms with E-state index in [0.29, 0.717) is 5.92 Å². The molecule has 20 heavy (non-hydrogen) atoms. The molecule has 0 spiro atoms. The van der Waals surface area contributed by atoms with Gasteiger partial charge in [-0.05, 0) is 70.7 Å². The molecular weight excluding hydrogens is 427 g/mol. The van der Waals surface area contributed by atoms with Crippen molar-refractivity contribution in [3.63, 3.8) is 0 Å². The number of hydrogen-bond acceptors (Lipinski definition) is 1. The van der Waals surface area contributed by atoms with Crippen molar-refractivity contribution in [2.45, 2.75) is 31.3 Å². The Kier molecular flexibility index (Phi) is 4.48. The van der Waals surface area contributed by atoms with Gasteiger partial charge in [0.15, 0.2) is 0 Å². The van der Waals surface area contributed by atoms with Crippen LogP contribution in [0.1, 0.15) is 48.0 Å². The number of aliphatic hydroxyl groups excluding tert-OH is 1.